The van der Waals surface area contributed by atoms with E-state index in [-0.39, 0.29) is 5.82 Å². The number of rotatable bonds is 8. The summed E-state index contributed by atoms with van der Waals surface area (Å²) in [6.45, 7) is 2.07. The van der Waals surface area contributed by atoms with E-state index in [0.29, 0.717) is 35.1 Å². The SMILES string of the molecule is CCc1c(-c2ccc(OC)c(OC)c2)nn(-c2cccc(F)c2)c1-c1ccc(OC)c(OC)c1. The third-order valence-corrected chi connectivity index (χ3v) is 5.70. The summed E-state index contributed by atoms with van der Waals surface area (Å²) in [5, 5.41) is 4.95. The highest BCUT2D eigenvalue weighted by atomic mass is 19.1. The Morgan fingerprint density at radius 2 is 1.32 bits per heavy atom. The molecule has 0 saturated heterocycles. The first kappa shape index (κ1) is 23.2. The van der Waals surface area contributed by atoms with E-state index in [9.17, 15) is 4.39 Å². The molecule has 0 amide bonds. The Bertz CT molecular complexity index is 1320. The molecular weight excluding hydrogens is 435 g/mol. The van der Waals surface area contributed by atoms with Gasteiger partial charge in [-0.25, -0.2) is 9.07 Å². The van der Waals surface area contributed by atoms with E-state index < -0.39 is 0 Å². The van der Waals surface area contributed by atoms with Gasteiger partial charge in [-0.15, -0.1) is 0 Å². The molecule has 0 saturated carbocycles. The standard InChI is InChI=1S/C27H27FN2O4/c1-6-21-26(17-10-12-22(31-2)24(14-17)33-4)29-30(20-9-7-8-19(28)16-20)27(21)18-11-13-23(32-3)25(15-18)34-5/h7-16H,6H2,1-5H3. The minimum atomic E-state index is -0.336. The third kappa shape index (κ3) is 4.17. The number of hydrogen-bond donors (Lipinski definition) is 0. The fourth-order valence-corrected chi connectivity index (χ4v) is 4.08. The molecule has 0 spiro atoms. The molecule has 0 atom stereocenters. The average Bonchev–Trinajstić information content (AvgIpc) is 3.27. The van der Waals surface area contributed by atoms with E-state index in [1.165, 1.54) is 12.1 Å². The Hall–Kier alpha value is -4.00. The smallest absolute Gasteiger partial charge is 0.161 e. The number of methoxy groups -OCH3 is 4. The minimum Gasteiger partial charge on any atom is -0.493 e. The van der Waals surface area contributed by atoms with Crippen LogP contribution in [0.3, 0.4) is 0 Å². The Kier molecular flexibility index (Phi) is 6.72. The Balaban J connectivity index is 2.01. The highest BCUT2D eigenvalue weighted by molar-refractivity contribution is 5.78. The van der Waals surface area contributed by atoms with Gasteiger partial charge in [-0.3, -0.25) is 0 Å². The van der Waals surface area contributed by atoms with Crippen LogP contribution in [-0.2, 0) is 6.42 Å². The molecule has 0 aliphatic rings. The lowest BCUT2D eigenvalue weighted by molar-refractivity contribution is 0.355. The van der Waals surface area contributed by atoms with Gasteiger partial charge in [0.25, 0.3) is 0 Å². The summed E-state index contributed by atoms with van der Waals surface area (Å²) in [7, 11) is 6.40. The van der Waals surface area contributed by atoms with Crippen LogP contribution in [0.4, 0.5) is 4.39 Å². The summed E-state index contributed by atoms with van der Waals surface area (Å²) in [4.78, 5) is 0. The molecular formula is C27H27FN2O4. The molecule has 0 fully saturated rings. The van der Waals surface area contributed by atoms with Crippen molar-refractivity contribution in [1.82, 2.24) is 9.78 Å². The lowest BCUT2D eigenvalue weighted by Gasteiger charge is -2.13. The van der Waals surface area contributed by atoms with Gasteiger partial charge < -0.3 is 18.9 Å². The van der Waals surface area contributed by atoms with Crippen molar-refractivity contribution in [1.29, 1.82) is 0 Å². The third-order valence-electron chi connectivity index (χ3n) is 5.70. The van der Waals surface area contributed by atoms with Crippen molar-refractivity contribution in [3.8, 4) is 51.2 Å². The van der Waals surface area contributed by atoms with Crippen LogP contribution in [0.2, 0.25) is 0 Å². The van der Waals surface area contributed by atoms with Crippen molar-refractivity contribution in [2.75, 3.05) is 28.4 Å². The van der Waals surface area contributed by atoms with Crippen molar-refractivity contribution < 1.29 is 23.3 Å². The van der Waals surface area contributed by atoms with Gasteiger partial charge in [0.05, 0.1) is 45.5 Å². The zero-order chi connectivity index (χ0) is 24.2. The molecule has 0 aliphatic heterocycles. The van der Waals surface area contributed by atoms with Crippen LogP contribution in [-0.4, -0.2) is 38.2 Å². The number of benzene rings is 3. The first-order valence-electron chi connectivity index (χ1n) is 10.9. The van der Waals surface area contributed by atoms with E-state index in [2.05, 4.69) is 6.92 Å². The molecule has 4 rings (SSSR count). The quantitative estimate of drug-likeness (QED) is 0.324. The predicted octanol–water partition coefficient (Wildman–Crippen LogP) is 5.94. The van der Waals surface area contributed by atoms with Crippen LogP contribution in [0.1, 0.15) is 12.5 Å². The fourth-order valence-electron chi connectivity index (χ4n) is 4.08. The summed E-state index contributed by atoms with van der Waals surface area (Å²) >= 11 is 0. The molecule has 0 bridgehead atoms. The monoisotopic (exact) mass is 462 g/mol. The zero-order valence-electron chi connectivity index (χ0n) is 19.9. The van der Waals surface area contributed by atoms with Gasteiger partial charge in [-0.05, 0) is 61.0 Å². The van der Waals surface area contributed by atoms with E-state index in [4.69, 9.17) is 24.0 Å². The molecule has 0 aliphatic carbocycles. The van der Waals surface area contributed by atoms with Crippen LogP contribution in [0.5, 0.6) is 23.0 Å². The van der Waals surface area contributed by atoms with Gasteiger partial charge in [0.15, 0.2) is 23.0 Å². The number of hydrogen-bond acceptors (Lipinski definition) is 5. The first-order valence-corrected chi connectivity index (χ1v) is 10.9. The molecule has 3 aromatic carbocycles. The molecule has 1 aromatic heterocycles. The normalized spacial score (nSPS) is 10.8. The molecule has 0 unspecified atom stereocenters. The summed E-state index contributed by atoms with van der Waals surface area (Å²) in [6, 6.07) is 17.8. The predicted molar refractivity (Wildman–Crippen MR) is 130 cm³/mol. The number of nitrogens with zero attached hydrogens (tertiary/aromatic N) is 2. The maximum atomic E-state index is 14.2. The topological polar surface area (TPSA) is 54.7 Å². The summed E-state index contributed by atoms with van der Waals surface area (Å²) in [5.41, 5.74) is 4.98. The summed E-state index contributed by atoms with van der Waals surface area (Å²) in [6.07, 6.45) is 0.697. The number of ether oxygens (including phenoxy) is 4. The molecule has 0 N–H and O–H groups in total. The van der Waals surface area contributed by atoms with Crippen LogP contribution < -0.4 is 18.9 Å². The molecule has 4 aromatic rings. The minimum absolute atomic E-state index is 0.336. The number of aromatic nitrogens is 2. The lowest BCUT2D eigenvalue weighted by atomic mass is 9.99. The van der Waals surface area contributed by atoms with E-state index in [1.807, 2.05) is 42.5 Å². The molecule has 176 valence electrons. The van der Waals surface area contributed by atoms with Gasteiger partial charge in [0.1, 0.15) is 5.82 Å². The Morgan fingerprint density at radius 3 is 1.88 bits per heavy atom. The van der Waals surface area contributed by atoms with Crippen molar-refractivity contribution in [3.63, 3.8) is 0 Å². The van der Waals surface area contributed by atoms with Crippen LogP contribution in [0.15, 0.2) is 60.7 Å². The van der Waals surface area contributed by atoms with Crippen LogP contribution in [0, 0.1) is 5.82 Å². The lowest BCUT2D eigenvalue weighted by Crippen LogP contribution is -2.01. The molecule has 0 radical (unpaired) electrons. The highest BCUT2D eigenvalue weighted by Crippen LogP contribution is 2.40. The van der Waals surface area contributed by atoms with Gasteiger partial charge in [0, 0.05) is 16.7 Å². The fraction of sp³-hybridized carbons (Fsp3) is 0.222. The van der Waals surface area contributed by atoms with Gasteiger partial charge in [-0.2, -0.15) is 5.10 Å². The van der Waals surface area contributed by atoms with Crippen molar-refractivity contribution in [3.05, 3.63) is 72.0 Å². The maximum Gasteiger partial charge on any atom is 0.161 e. The second-order valence-corrected chi connectivity index (χ2v) is 7.56. The second kappa shape index (κ2) is 9.87. The molecule has 1 heterocycles. The largest absolute Gasteiger partial charge is 0.493 e. The van der Waals surface area contributed by atoms with Gasteiger partial charge in [-0.1, -0.05) is 13.0 Å². The van der Waals surface area contributed by atoms with Crippen molar-refractivity contribution in [2.45, 2.75) is 13.3 Å². The highest BCUT2D eigenvalue weighted by Gasteiger charge is 2.22. The summed E-state index contributed by atoms with van der Waals surface area (Å²) < 4.78 is 37.8. The Morgan fingerprint density at radius 1 is 0.735 bits per heavy atom. The number of halogens is 1. The van der Waals surface area contributed by atoms with Gasteiger partial charge in [0.2, 0.25) is 0 Å². The van der Waals surface area contributed by atoms with Crippen LogP contribution in [0.25, 0.3) is 28.2 Å². The molecule has 6 nitrogen and oxygen atoms in total. The van der Waals surface area contributed by atoms with E-state index in [0.717, 1.165) is 28.1 Å². The molecule has 7 heteroatoms. The van der Waals surface area contributed by atoms with Crippen LogP contribution >= 0.6 is 0 Å². The van der Waals surface area contributed by atoms with Crippen molar-refractivity contribution in [2.24, 2.45) is 0 Å². The zero-order valence-corrected chi connectivity index (χ0v) is 19.9. The summed E-state index contributed by atoms with van der Waals surface area (Å²) in [5.74, 6) is 2.13. The maximum absolute atomic E-state index is 14.2. The second-order valence-electron chi connectivity index (χ2n) is 7.56. The first-order chi connectivity index (χ1) is 16.5. The molecule has 34 heavy (non-hydrogen) atoms. The Labute approximate surface area is 198 Å². The van der Waals surface area contributed by atoms with E-state index >= 15 is 0 Å². The van der Waals surface area contributed by atoms with Crippen molar-refractivity contribution >= 4 is 0 Å². The average molecular weight is 463 g/mol. The van der Waals surface area contributed by atoms with Gasteiger partial charge >= 0.3 is 0 Å². The van der Waals surface area contributed by atoms with E-state index in [1.54, 1.807) is 39.2 Å².